The second-order valence-electron chi connectivity index (χ2n) is 5.26. The lowest BCUT2D eigenvalue weighted by Crippen LogP contribution is -2.39. The van der Waals surface area contributed by atoms with Crippen LogP contribution in [-0.4, -0.2) is 26.4 Å². The Hall–Kier alpha value is -1.75. The van der Waals surface area contributed by atoms with Gasteiger partial charge in [-0.1, -0.05) is 26.0 Å². The number of alkyl carbamates (subject to hydrolysis) is 1. The first-order chi connectivity index (χ1) is 10.0. The van der Waals surface area contributed by atoms with E-state index in [4.69, 9.17) is 15.2 Å². The summed E-state index contributed by atoms with van der Waals surface area (Å²) in [7, 11) is 1.63. The fraction of sp³-hybridized carbons (Fsp3) is 0.562. The van der Waals surface area contributed by atoms with Crippen molar-refractivity contribution in [2.24, 2.45) is 17.6 Å². The Morgan fingerprint density at radius 2 is 1.90 bits per heavy atom. The van der Waals surface area contributed by atoms with Crippen molar-refractivity contribution in [1.82, 2.24) is 5.32 Å². The quantitative estimate of drug-likeness (QED) is 0.811. The van der Waals surface area contributed by atoms with Gasteiger partial charge in [0.2, 0.25) is 0 Å². The summed E-state index contributed by atoms with van der Waals surface area (Å²) in [6.07, 6.45) is -0.419. The van der Waals surface area contributed by atoms with Crippen LogP contribution in [-0.2, 0) is 4.74 Å². The lowest BCUT2D eigenvalue weighted by Gasteiger charge is -2.30. The molecular weight excluding hydrogens is 268 g/mol. The molecule has 1 aromatic rings. The van der Waals surface area contributed by atoms with Crippen molar-refractivity contribution in [2.45, 2.75) is 26.8 Å². The number of rotatable bonds is 7. The minimum atomic E-state index is -0.419. The molecule has 0 spiro atoms. The first-order valence-electron chi connectivity index (χ1n) is 7.30. The third-order valence-corrected chi connectivity index (χ3v) is 3.58. The summed E-state index contributed by atoms with van der Waals surface area (Å²) in [6, 6.07) is 7.47. The molecule has 1 rings (SSSR count). The Labute approximate surface area is 126 Å². The van der Waals surface area contributed by atoms with E-state index in [-0.39, 0.29) is 12.0 Å². The molecule has 118 valence electrons. The van der Waals surface area contributed by atoms with Gasteiger partial charge in [0, 0.05) is 0 Å². The van der Waals surface area contributed by atoms with E-state index in [0.717, 1.165) is 11.3 Å². The summed E-state index contributed by atoms with van der Waals surface area (Å²) in [6.45, 7) is 6.81. The van der Waals surface area contributed by atoms with Crippen molar-refractivity contribution in [3.8, 4) is 5.75 Å². The zero-order chi connectivity index (χ0) is 15.8. The molecule has 0 aliphatic heterocycles. The average molecular weight is 294 g/mol. The number of nitrogens with one attached hydrogen (secondary N) is 1. The van der Waals surface area contributed by atoms with E-state index in [1.54, 1.807) is 14.0 Å². The van der Waals surface area contributed by atoms with Crippen LogP contribution in [0.3, 0.4) is 0 Å². The Morgan fingerprint density at radius 3 is 2.33 bits per heavy atom. The van der Waals surface area contributed by atoms with Crippen LogP contribution < -0.4 is 15.8 Å². The Morgan fingerprint density at radius 1 is 1.29 bits per heavy atom. The SMILES string of the molecule is CCOC(=O)N[C@H](c1ccc(OC)cc1)[C@@H](CN)C(C)C. The van der Waals surface area contributed by atoms with Gasteiger partial charge in [0.1, 0.15) is 5.75 Å². The molecule has 1 aromatic carbocycles. The maximum absolute atomic E-state index is 11.8. The lowest BCUT2D eigenvalue weighted by molar-refractivity contribution is 0.140. The zero-order valence-electron chi connectivity index (χ0n) is 13.3. The summed E-state index contributed by atoms with van der Waals surface area (Å²) in [5.41, 5.74) is 6.89. The van der Waals surface area contributed by atoms with E-state index in [1.165, 1.54) is 0 Å². The van der Waals surface area contributed by atoms with Gasteiger partial charge in [-0.3, -0.25) is 0 Å². The van der Waals surface area contributed by atoms with Gasteiger partial charge in [-0.25, -0.2) is 4.79 Å². The van der Waals surface area contributed by atoms with E-state index in [2.05, 4.69) is 19.2 Å². The number of hydrogen-bond acceptors (Lipinski definition) is 4. The number of carbonyl (C=O) groups is 1. The summed E-state index contributed by atoms with van der Waals surface area (Å²) in [4.78, 5) is 11.8. The van der Waals surface area contributed by atoms with Crippen LogP contribution in [0, 0.1) is 11.8 Å². The predicted molar refractivity (Wildman–Crippen MR) is 83.3 cm³/mol. The number of ether oxygens (including phenoxy) is 2. The van der Waals surface area contributed by atoms with Crippen molar-refractivity contribution >= 4 is 6.09 Å². The summed E-state index contributed by atoms with van der Waals surface area (Å²) in [5, 5.41) is 2.92. The standard InChI is InChI=1S/C16H26N2O3/c1-5-21-16(19)18-15(14(10-17)11(2)3)12-6-8-13(20-4)9-7-12/h6-9,11,14-15H,5,10,17H2,1-4H3,(H,18,19)/t14-,15+/m0/s1. The largest absolute Gasteiger partial charge is 0.497 e. The van der Waals surface area contributed by atoms with Crippen molar-refractivity contribution in [3.63, 3.8) is 0 Å². The first-order valence-corrected chi connectivity index (χ1v) is 7.30. The number of nitrogens with two attached hydrogens (primary N) is 1. The van der Waals surface area contributed by atoms with E-state index in [9.17, 15) is 4.79 Å². The number of amides is 1. The van der Waals surface area contributed by atoms with E-state index >= 15 is 0 Å². The van der Waals surface area contributed by atoms with Gasteiger partial charge in [-0.15, -0.1) is 0 Å². The van der Waals surface area contributed by atoms with Gasteiger partial charge in [0.25, 0.3) is 0 Å². The molecule has 0 aliphatic rings. The normalized spacial score (nSPS) is 13.6. The molecule has 0 unspecified atom stereocenters. The number of hydrogen-bond donors (Lipinski definition) is 2. The van der Waals surface area contributed by atoms with E-state index in [0.29, 0.717) is 19.1 Å². The molecule has 0 fully saturated rings. The van der Waals surface area contributed by atoms with Crippen LogP contribution in [0.25, 0.3) is 0 Å². The monoisotopic (exact) mass is 294 g/mol. The topological polar surface area (TPSA) is 73.6 Å². The van der Waals surface area contributed by atoms with E-state index in [1.807, 2.05) is 24.3 Å². The molecule has 1 amide bonds. The van der Waals surface area contributed by atoms with Gasteiger partial charge >= 0.3 is 6.09 Å². The van der Waals surface area contributed by atoms with Crippen molar-refractivity contribution < 1.29 is 14.3 Å². The van der Waals surface area contributed by atoms with Crippen molar-refractivity contribution in [2.75, 3.05) is 20.3 Å². The molecule has 3 N–H and O–H groups in total. The first kappa shape index (κ1) is 17.3. The molecule has 2 atom stereocenters. The Kier molecular flexibility index (Phi) is 7.02. The molecule has 5 heteroatoms. The second-order valence-corrected chi connectivity index (χ2v) is 5.26. The average Bonchev–Trinajstić information content (AvgIpc) is 2.47. The van der Waals surface area contributed by atoms with Crippen molar-refractivity contribution in [1.29, 1.82) is 0 Å². The van der Waals surface area contributed by atoms with Gasteiger partial charge in [-0.2, -0.15) is 0 Å². The lowest BCUT2D eigenvalue weighted by atomic mass is 9.84. The van der Waals surface area contributed by atoms with Crippen molar-refractivity contribution in [3.05, 3.63) is 29.8 Å². The molecular formula is C16H26N2O3. The smallest absolute Gasteiger partial charge is 0.407 e. The maximum atomic E-state index is 11.8. The van der Waals surface area contributed by atoms with Crippen LogP contribution in [0.15, 0.2) is 24.3 Å². The summed E-state index contributed by atoms with van der Waals surface area (Å²) >= 11 is 0. The van der Waals surface area contributed by atoms with Crippen LogP contribution in [0.2, 0.25) is 0 Å². The molecule has 0 aliphatic carbocycles. The second kappa shape index (κ2) is 8.52. The third kappa shape index (κ3) is 4.93. The summed E-state index contributed by atoms with van der Waals surface area (Å²) in [5.74, 6) is 1.24. The van der Waals surface area contributed by atoms with Crippen LogP contribution in [0.4, 0.5) is 4.79 Å². The van der Waals surface area contributed by atoms with Crippen LogP contribution in [0.5, 0.6) is 5.75 Å². The van der Waals surface area contributed by atoms with Crippen LogP contribution >= 0.6 is 0 Å². The zero-order valence-corrected chi connectivity index (χ0v) is 13.3. The fourth-order valence-electron chi connectivity index (χ4n) is 2.34. The van der Waals surface area contributed by atoms with Gasteiger partial charge < -0.3 is 20.5 Å². The predicted octanol–water partition coefficient (Wildman–Crippen LogP) is 2.71. The highest BCUT2D eigenvalue weighted by atomic mass is 16.5. The highest BCUT2D eigenvalue weighted by Crippen LogP contribution is 2.28. The number of carbonyl (C=O) groups excluding carboxylic acids is 1. The number of benzene rings is 1. The molecule has 0 aromatic heterocycles. The highest BCUT2D eigenvalue weighted by Gasteiger charge is 2.27. The molecule has 5 nitrogen and oxygen atoms in total. The molecule has 0 saturated heterocycles. The molecule has 0 saturated carbocycles. The summed E-state index contributed by atoms with van der Waals surface area (Å²) < 4.78 is 10.2. The van der Waals surface area contributed by atoms with Crippen LogP contribution in [0.1, 0.15) is 32.4 Å². The van der Waals surface area contributed by atoms with Gasteiger partial charge in [0.05, 0.1) is 19.8 Å². The third-order valence-electron chi connectivity index (χ3n) is 3.58. The molecule has 21 heavy (non-hydrogen) atoms. The van der Waals surface area contributed by atoms with Gasteiger partial charge in [-0.05, 0) is 43.0 Å². The maximum Gasteiger partial charge on any atom is 0.407 e. The van der Waals surface area contributed by atoms with E-state index < -0.39 is 6.09 Å². The highest BCUT2D eigenvalue weighted by molar-refractivity contribution is 5.68. The minimum Gasteiger partial charge on any atom is -0.497 e. The molecule has 0 heterocycles. The molecule has 0 radical (unpaired) electrons. The van der Waals surface area contributed by atoms with Gasteiger partial charge in [0.15, 0.2) is 0 Å². The molecule has 0 bridgehead atoms. The number of methoxy groups -OCH3 is 1. The fourth-order valence-corrected chi connectivity index (χ4v) is 2.34. The Balaban J connectivity index is 3.01. The minimum absolute atomic E-state index is 0.128. The Bertz CT molecular complexity index is 432.